The molecule has 0 spiro atoms. The first-order chi connectivity index (χ1) is 9.67. The molecular weight excluding hydrogens is 244 g/mol. The Balaban J connectivity index is 1.94. The molecule has 0 aromatic carbocycles. The van der Waals surface area contributed by atoms with E-state index in [1.54, 1.807) is 0 Å². The van der Waals surface area contributed by atoms with Gasteiger partial charge in [0, 0.05) is 12.4 Å². The molecule has 0 aliphatic heterocycles. The SMILES string of the molecule is CC1(C)CCCCCCc2nccnc2CCCCC1. The van der Waals surface area contributed by atoms with E-state index >= 15 is 0 Å². The molecule has 1 aromatic rings. The highest BCUT2D eigenvalue weighted by molar-refractivity contribution is 5.10. The topological polar surface area (TPSA) is 25.8 Å². The highest BCUT2D eigenvalue weighted by atomic mass is 14.8. The Morgan fingerprint density at radius 3 is 1.70 bits per heavy atom. The van der Waals surface area contributed by atoms with Crippen LogP contribution in [0.25, 0.3) is 0 Å². The number of fused-ring (bicyclic) bond motifs is 1. The van der Waals surface area contributed by atoms with Crippen molar-refractivity contribution in [2.75, 3.05) is 0 Å². The molecule has 1 aromatic heterocycles. The molecule has 0 saturated carbocycles. The van der Waals surface area contributed by atoms with Crippen LogP contribution in [0, 0.1) is 5.41 Å². The molecular formula is C18H30N2. The normalized spacial score (nSPS) is 21.7. The Kier molecular flexibility index (Phi) is 6.00. The zero-order valence-electron chi connectivity index (χ0n) is 13.3. The molecule has 0 fully saturated rings. The second-order valence-electron chi connectivity index (χ2n) is 7.09. The summed E-state index contributed by atoms with van der Waals surface area (Å²) in [6.45, 7) is 4.89. The van der Waals surface area contributed by atoms with Gasteiger partial charge in [0.05, 0.1) is 11.4 Å². The molecule has 0 unspecified atom stereocenters. The number of aromatic nitrogens is 2. The van der Waals surface area contributed by atoms with E-state index in [0.717, 1.165) is 12.8 Å². The van der Waals surface area contributed by atoms with Crippen molar-refractivity contribution in [1.29, 1.82) is 0 Å². The molecule has 0 atom stereocenters. The number of hydrogen-bond donors (Lipinski definition) is 0. The van der Waals surface area contributed by atoms with Crippen LogP contribution < -0.4 is 0 Å². The average molecular weight is 274 g/mol. The lowest BCUT2D eigenvalue weighted by atomic mass is 9.81. The molecule has 0 bridgehead atoms. The second-order valence-corrected chi connectivity index (χ2v) is 7.09. The Morgan fingerprint density at radius 2 is 1.15 bits per heavy atom. The Hall–Kier alpha value is -0.920. The van der Waals surface area contributed by atoms with Crippen molar-refractivity contribution in [1.82, 2.24) is 9.97 Å². The van der Waals surface area contributed by atoms with Gasteiger partial charge in [-0.05, 0) is 43.9 Å². The molecule has 2 heteroatoms. The van der Waals surface area contributed by atoms with Gasteiger partial charge in [0.15, 0.2) is 0 Å². The summed E-state index contributed by atoms with van der Waals surface area (Å²) in [5.74, 6) is 0. The van der Waals surface area contributed by atoms with Gasteiger partial charge in [0.25, 0.3) is 0 Å². The first kappa shape index (κ1) is 15.5. The Bertz CT molecular complexity index is 398. The zero-order chi connectivity index (χ0) is 14.3. The van der Waals surface area contributed by atoms with E-state index in [1.165, 1.54) is 69.2 Å². The van der Waals surface area contributed by atoms with Crippen LogP contribution in [0.5, 0.6) is 0 Å². The van der Waals surface area contributed by atoms with E-state index in [-0.39, 0.29) is 0 Å². The average Bonchev–Trinajstić information content (AvgIpc) is 2.43. The third-order valence-corrected chi connectivity index (χ3v) is 4.64. The standard InChI is InChI=1S/C18H30N2/c1-18(2)12-8-4-3-6-10-16-17(20-15-14-19-16)11-7-5-9-13-18/h14-15H,3-13H2,1-2H3. The van der Waals surface area contributed by atoms with Crippen LogP contribution in [-0.4, -0.2) is 9.97 Å². The van der Waals surface area contributed by atoms with Gasteiger partial charge >= 0.3 is 0 Å². The van der Waals surface area contributed by atoms with Gasteiger partial charge in [0.1, 0.15) is 0 Å². The lowest BCUT2D eigenvalue weighted by Crippen LogP contribution is -2.11. The van der Waals surface area contributed by atoms with E-state index in [2.05, 4.69) is 23.8 Å². The first-order valence-electron chi connectivity index (χ1n) is 8.46. The number of aryl methyl sites for hydroxylation is 2. The summed E-state index contributed by atoms with van der Waals surface area (Å²) >= 11 is 0. The summed E-state index contributed by atoms with van der Waals surface area (Å²) in [6.07, 6.45) is 18.0. The van der Waals surface area contributed by atoms with Gasteiger partial charge in [0.2, 0.25) is 0 Å². The Labute approximate surface area is 124 Å². The van der Waals surface area contributed by atoms with Gasteiger partial charge in [-0.3, -0.25) is 9.97 Å². The van der Waals surface area contributed by atoms with Crippen molar-refractivity contribution in [2.24, 2.45) is 5.41 Å². The number of rotatable bonds is 0. The fourth-order valence-electron chi connectivity index (χ4n) is 3.26. The first-order valence-corrected chi connectivity index (χ1v) is 8.46. The molecule has 1 aliphatic rings. The fraction of sp³-hybridized carbons (Fsp3) is 0.778. The van der Waals surface area contributed by atoms with E-state index in [4.69, 9.17) is 0 Å². The molecule has 2 nitrogen and oxygen atoms in total. The van der Waals surface area contributed by atoms with Crippen LogP contribution in [0.2, 0.25) is 0 Å². The minimum absolute atomic E-state index is 0.543. The monoisotopic (exact) mass is 274 g/mol. The van der Waals surface area contributed by atoms with Crippen molar-refractivity contribution in [3.8, 4) is 0 Å². The van der Waals surface area contributed by atoms with E-state index in [9.17, 15) is 0 Å². The molecule has 1 aliphatic carbocycles. The van der Waals surface area contributed by atoms with Crippen molar-refractivity contribution in [3.63, 3.8) is 0 Å². The van der Waals surface area contributed by atoms with Gasteiger partial charge in [-0.2, -0.15) is 0 Å². The van der Waals surface area contributed by atoms with Gasteiger partial charge in [-0.1, -0.05) is 46.0 Å². The van der Waals surface area contributed by atoms with Crippen LogP contribution in [0.3, 0.4) is 0 Å². The predicted molar refractivity (Wildman–Crippen MR) is 84.8 cm³/mol. The maximum atomic E-state index is 4.56. The summed E-state index contributed by atoms with van der Waals surface area (Å²) in [7, 11) is 0. The molecule has 2 rings (SSSR count). The summed E-state index contributed by atoms with van der Waals surface area (Å²) in [5, 5.41) is 0. The van der Waals surface area contributed by atoms with Gasteiger partial charge < -0.3 is 0 Å². The van der Waals surface area contributed by atoms with Crippen LogP contribution >= 0.6 is 0 Å². The third kappa shape index (κ3) is 5.22. The molecule has 112 valence electrons. The van der Waals surface area contributed by atoms with Crippen LogP contribution in [-0.2, 0) is 12.8 Å². The predicted octanol–water partition coefficient (Wildman–Crippen LogP) is 5.11. The van der Waals surface area contributed by atoms with Crippen molar-refractivity contribution in [3.05, 3.63) is 23.8 Å². The van der Waals surface area contributed by atoms with Gasteiger partial charge in [-0.25, -0.2) is 0 Å². The largest absolute Gasteiger partial charge is 0.258 e. The minimum atomic E-state index is 0.543. The van der Waals surface area contributed by atoms with Crippen molar-refractivity contribution < 1.29 is 0 Å². The maximum absolute atomic E-state index is 4.56. The van der Waals surface area contributed by atoms with E-state index in [0.29, 0.717) is 5.41 Å². The molecule has 0 amide bonds. The summed E-state index contributed by atoms with van der Waals surface area (Å²) in [4.78, 5) is 9.11. The molecule has 1 heterocycles. The lowest BCUT2D eigenvalue weighted by Gasteiger charge is -2.24. The van der Waals surface area contributed by atoms with Crippen molar-refractivity contribution >= 4 is 0 Å². The lowest BCUT2D eigenvalue weighted by molar-refractivity contribution is 0.282. The molecule has 20 heavy (non-hydrogen) atoms. The maximum Gasteiger partial charge on any atom is 0.0618 e. The summed E-state index contributed by atoms with van der Waals surface area (Å²) in [6, 6.07) is 0. The van der Waals surface area contributed by atoms with Crippen LogP contribution in [0.15, 0.2) is 12.4 Å². The summed E-state index contributed by atoms with van der Waals surface area (Å²) < 4.78 is 0. The highest BCUT2D eigenvalue weighted by Crippen LogP contribution is 2.30. The Morgan fingerprint density at radius 1 is 0.700 bits per heavy atom. The molecule has 0 radical (unpaired) electrons. The van der Waals surface area contributed by atoms with Crippen LogP contribution in [0.1, 0.15) is 83.0 Å². The quantitative estimate of drug-likeness (QED) is 0.657. The fourth-order valence-corrected chi connectivity index (χ4v) is 3.26. The van der Waals surface area contributed by atoms with Crippen LogP contribution in [0.4, 0.5) is 0 Å². The third-order valence-electron chi connectivity index (χ3n) is 4.64. The highest BCUT2D eigenvalue weighted by Gasteiger charge is 2.17. The van der Waals surface area contributed by atoms with E-state index in [1.807, 2.05) is 12.4 Å². The second kappa shape index (κ2) is 7.75. The van der Waals surface area contributed by atoms with E-state index < -0.39 is 0 Å². The number of hydrogen-bond acceptors (Lipinski definition) is 2. The molecule has 0 N–H and O–H groups in total. The minimum Gasteiger partial charge on any atom is -0.258 e. The van der Waals surface area contributed by atoms with Gasteiger partial charge in [-0.15, -0.1) is 0 Å². The zero-order valence-corrected chi connectivity index (χ0v) is 13.3. The van der Waals surface area contributed by atoms with Crippen molar-refractivity contribution in [2.45, 2.75) is 84.5 Å². The smallest absolute Gasteiger partial charge is 0.0618 e. The summed E-state index contributed by atoms with van der Waals surface area (Å²) in [5.41, 5.74) is 3.05. The number of nitrogens with zero attached hydrogens (tertiary/aromatic N) is 2. The molecule has 0 saturated heterocycles.